The first kappa shape index (κ1) is 17.2. The molecule has 1 aromatic rings. The summed E-state index contributed by atoms with van der Waals surface area (Å²) in [6.07, 6.45) is -4.48. The molecular formula is C14H20F3NOS. The van der Waals surface area contributed by atoms with Crippen molar-refractivity contribution in [1.29, 1.82) is 0 Å². The second kappa shape index (κ2) is 5.85. The van der Waals surface area contributed by atoms with Gasteiger partial charge in [0, 0.05) is 7.05 Å². The number of aryl methyl sites for hydroxylation is 1. The van der Waals surface area contributed by atoms with Gasteiger partial charge in [-0.1, -0.05) is 29.8 Å². The van der Waals surface area contributed by atoms with Crippen LogP contribution < -0.4 is 0 Å². The van der Waals surface area contributed by atoms with Crippen LogP contribution in [0, 0.1) is 6.92 Å². The monoisotopic (exact) mass is 307 g/mol. The first-order valence-electron chi connectivity index (χ1n) is 6.22. The minimum atomic E-state index is -4.48. The highest BCUT2D eigenvalue weighted by molar-refractivity contribution is 7.84. The molecule has 1 rings (SSSR count). The lowest BCUT2D eigenvalue weighted by molar-refractivity contribution is -0.170. The third kappa shape index (κ3) is 4.06. The van der Waals surface area contributed by atoms with E-state index in [-0.39, 0.29) is 5.56 Å². The van der Waals surface area contributed by atoms with Gasteiger partial charge in [-0.3, -0.25) is 0 Å². The van der Waals surface area contributed by atoms with Gasteiger partial charge in [0.1, 0.15) is 17.0 Å². The average Bonchev–Trinajstić information content (AvgIpc) is 2.28. The van der Waals surface area contributed by atoms with Crippen LogP contribution in [0.2, 0.25) is 0 Å². The maximum Gasteiger partial charge on any atom is 0.409 e. The number of hydrogen-bond acceptors (Lipinski definition) is 1. The molecule has 20 heavy (non-hydrogen) atoms. The SMILES string of the molecule is Cc1ccc([C@H](N(C)S(=O)C(C)(C)C)C(F)(F)F)cc1. The molecule has 0 N–H and O–H groups in total. The van der Waals surface area contributed by atoms with Crippen molar-refractivity contribution in [3.8, 4) is 0 Å². The highest BCUT2D eigenvalue weighted by atomic mass is 32.2. The molecule has 0 aliphatic carbocycles. The molecule has 0 aliphatic rings. The Balaban J connectivity index is 3.21. The summed E-state index contributed by atoms with van der Waals surface area (Å²) in [5.74, 6) is 0. The zero-order valence-electron chi connectivity index (χ0n) is 12.3. The second-order valence-electron chi connectivity index (χ2n) is 5.76. The molecule has 6 heteroatoms. The number of hydrogen-bond donors (Lipinski definition) is 0. The van der Waals surface area contributed by atoms with Crippen molar-refractivity contribution >= 4 is 11.0 Å². The van der Waals surface area contributed by atoms with Gasteiger partial charge in [0.2, 0.25) is 0 Å². The molecule has 114 valence electrons. The summed E-state index contributed by atoms with van der Waals surface area (Å²) in [5.41, 5.74) is 0.984. The average molecular weight is 307 g/mol. The maximum atomic E-state index is 13.3. The number of halogens is 3. The van der Waals surface area contributed by atoms with E-state index in [1.165, 1.54) is 19.2 Å². The van der Waals surface area contributed by atoms with Crippen LogP contribution in [0.1, 0.15) is 37.9 Å². The van der Waals surface area contributed by atoms with E-state index in [4.69, 9.17) is 0 Å². The third-order valence-electron chi connectivity index (χ3n) is 2.85. The van der Waals surface area contributed by atoms with E-state index in [1.54, 1.807) is 32.9 Å². The Hall–Kier alpha value is -0.880. The Morgan fingerprint density at radius 1 is 1.10 bits per heavy atom. The minimum absolute atomic E-state index is 0.100. The maximum absolute atomic E-state index is 13.3. The molecule has 2 atom stereocenters. The van der Waals surface area contributed by atoms with Crippen LogP contribution in [-0.2, 0) is 11.0 Å². The van der Waals surface area contributed by atoms with Crippen LogP contribution in [0.3, 0.4) is 0 Å². The van der Waals surface area contributed by atoms with E-state index >= 15 is 0 Å². The second-order valence-corrected chi connectivity index (χ2v) is 8.06. The third-order valence-corrected chi connectivity index (χ3v) is 4.63. The molecule has 2 nitrogen and oxygen atoms in total. The molecule has 0 fully saturated rings. The summed E-state index contributed by atoms with van der Waals surface area (Å²) in [6.45, 7) is 6.77. The van der Waals surface area contributed by atoms with Gasteiger partial charge in [-0.05, 0) is 33.3 Å². The minimum Gasteiger partial charge on any atom is -0.242 e. The summed E-state index contributed by atoms with van der Waals surface area (Å²) >= 11 is 0. The first-order valence-corrected chi connectivity index (χ1v) is 7.33. The van der Waals surface area contributed by atoms with Crippen molar-refractivity contribution in [2.75, 3.05) is 7.05 Å². The molecule has 1 aromatic carbocycles. The molecule has 0 aliphatic heterocycles. The van der Waals surface area contributed by atoms with E-state index in [1.807, 2.05) is 6.92 Å². The van der Waals surface area contributed by atoms with Crippen molar-refractivity contribution in [2.45, 2.75) is 44.7 Å². The fraction of sp³-hybridized carbons (Fsp3) is 0.571. The van der Waals surface area contributed by atoms with E-state index in [0.717, 1.165) is 9.87 Å². The fourth-order valence-corrected chi connectivity index (χ4v) is 3.18. The van der Waals surface area contributed by atoms with Gasteiger partial charge in [-0.15, -0.1) is 0 Å². The lowest BCUT2D eigenvalue weighted by atomic mass is 10.1. The summed E-state index contributed by atoms with van der Waals surface area (Å²) in [5, 5.41) is 0. The van der Waals surface area contributed by atoms with Gasteiger partial charge in [0.05, 0.1) is 4.75 Å². The molecule has 0 saturated heterocycles. The van der Waals surface area contributed by atoms with Crippen LogP contribution in [0.5, 0.6) is 0 Å². The lowest BCUT2D eigenvalue weighted by Crippen LogP contribution is -2.42. The standard InChI is InChI=1S/C14H20F3NOS/c1-10-6-8-11(9-7-10)12(14(15,16)17)18(5)20(19)13(2,3)4/h6-9,12H,1-5H3/t12-,20?/m0/s1. The Morgan fingerprint density at radius 2 is 1.55 bits per heavy atom. The van der Waals surface area contributed by atoms with Crippen LogP contribution in [-0.4, -0.2) is 26.5 Å². The molecule has 0 amide bonds. The highest BCUT2D eigenvalue weighted by Crippen LogP contribution is 2.39. The fourth-order valence-electron chi connectivity index (χ4n) is 1.88. The van der Waals surface area contributed by atoms with Crippen LogP contribution >= 0.6 is 0 Å². The molecular weight excluding hydrogens is 287 g/mol. The topological polar surface area (TPSA) is 20.3 Å². The van der Waals surface area contributed by atoms with Gasteiger partial charge in [0.25, 0.3) is 0 Å². The molecule has 0 aromatic heterocycles. The van der Waals surface area contributed by atoms with E-state index in [2.05, 4.69) is 0 Å². The smallest absolute Gasteiger partial charge is 0.242 e. The molecule has 1 unspecified atom stereocenters. The largest absolute Gasteiger partial charge is 0.409 e. The predicted molar refractivity (Wildman–Crippen MR) is 75.6 cm³/mol. The molecule has 0 spiro atoms. The highest BCUT2D eigenvalue weighted by Gasteiger charge is 2.46. The predicted octanol–water partition coefficient (Wildman–Crippen LogP) is 3.99. The zero-order valence-corrected chi connectivity index (χ0v) is 13.1. The molecule has 0 saturated carbocycles. The van der Waals surface area contributed by atoms with Gasteiger partial charge in [-0.2, -0.15) is 13.2 Å². The Bertz CT molecular complexity index is 477. The normalized spacial score (nSPS) is 16.2. The van der Waals surface area contributed by atoms with Crippen LogP contribution in [0.4, 0.5) is 13.2 Å². The van der Waals surface area contributed by atoms with Gasteiger partial charge in [0.15, 0.2) is 0 Å². The van der Waals surface area contributed by atoms with Crippen LogP contribution in [0.15, 0.2) is 24.3 Å². The number of benzene rings is 1. The van der Waals surface area contributed by atoms with Crippen molar-refractivity contribution in [3.05, 3.63) is 35.4 Å². The first-order chi connectivity index (χ1) is 8.94. The van der Waals surface area contributed by atoms with Gasteiger partial charge in [-0.25, -0.2) is 8.51 Å². The van der Waals surface area contributed by atoms with Crippen LogP contribution in [0.25, 0.3) is 0 Å². The van der Waals surface area contributed by atoms with Crippen molar-refractivity contribution in [2.24, 2.45) is 0 Å². The lowest BCUT2D eigenvalue weighted by Gasteiger charge is -2.33. The summed E-state index contributed by atoms with van der Waals surface area (Å²) in [4.78, 5) is 0. The number of alkyl halides is 3. The number of nitrogens with zero attached hydrogens (tertiary/aromatic N) is 1. The molecule has 0 heterocycles. The Kier molecular flexibility index (Phi) is 5.03. The number of rotatable bonds is 3. The van der Waals surface area contributed by atoms with Crippen molar-refractivity contribution in [1.82, 2.24) is 4.31 Å². The quantitative estimate of drug-likeness (QED) is 0.827. The van der Waals surface area contributed by atoms with E-state index in [9.17, 15) is 17.4 Å². The van der Waals surface area contributed by atoms with Crippen molar-refractivity contribution < 1.29 is 17.4 Å². The van der Waals surface area contributed by atoms with E-state index < -0.39 is 28.0 Å². The summed E-state index contributed by atoms with van der Waals surface area (Å²) < 4.78 is 52.4. The summed E-state index contributed by atoms with van der Waals surface area (Å²) in [7, 11) is -0.502. The zero-order chi connectivity index (χ0) is 15.7. The summed E-state index contributed by atoms with van der Waals surface area (Å²) in [6, 6.07) is 4.25. The van der Waals surface area contributed by atoms with Crippen molar-refractivity contribution in [3.63, 3.8) is 0 Å². The van der Waals surface area contributed by atoms with E-state index in [0.29, 0.717) is 0 Å². The van der Waals surface area contributed by atoms with Gasteiger partial charge >= 0.3 is 6.18 Å². The molecule has 0 radical (unpaired) electrons. The Morgan fingerprint density at radius 3 is 1.90 bits per heavy atom. The molecule has 0 bridgehead atoms. The van der Waals surface area contributed by atoms with Gasteiger partial charge < -0.3 is 0 Å². The Labute approximate surface area is 120 Å².